The van der Waals surface area contributed by atoms with Gasteiger partial charge in [0.05, 0.1) is 11.8 Å². The largest absolute Gasteiger partial charge is 1.00 e. The number of hydrogen-bond acceptors (Lipinski definition) is 10. The standard InChI is InChI=1S/C26H34Cl3N3O5.C24H33N3O5.Li.H2O/c1-3-4-12-22(33)31-21(14-13-19-9-6-5-7-10-19)23(34)30-18(2)24(35)32-15-8-11-20(16-32)25(36)37-17-26(27,28)29;1-3-4-12-21(28)26-20(14-13-18-9-6-5-7-10-18)22(29)25-17(2)23(30)27-15-8-11-19(16-27)24(31)32;;/h3-7,9-10,18,20-21H,8,11-17H2,1-2H3,(H,30,34)(H,31,33);3-7,9-10,17,19-20H,8,11-16H2,1-2H3,(H,25,29)(H,26,28)(H,31,32);;1H2/q;;+1;/p-1/b2*4-3+;;/t18-,20+,21-;17-,19+,20-;;/m00../s1. The number of halogens is 3. The number of nitrogens with zero attached hydrogens (tertiary/aromatic N) is 2. The second kappa shape index (κ2) is 33.7. The third-order valence-corrected chi connectivity index (χ3v) is 11.8. The molecule has 0 spiro atoms. The summed E-state index contributed by atoms with van der Waals surface area (Å²) in [7, 11) is 0. The molecule has 0 radical (unpaired) electrons. The maximum atomic E-state index is 13.1. The zero-order chi connectivity index (χ0) is 50.9. The molecule has 71 heavy (non-hydrogen) atoms. The summed E-state index contributed by atoms with van der Waals surface area (Å²) in [5, 5.41) is 20.2. The van der Waals surface area contributed by atoms with E-state index in [4.69, 9.17) is 39.5 Å². The van der Waals surface area contributed by atoms with Crippen LogP contribution in [0, 0.1) is 11.8 Å². The number of piperidine rings is 2. The van der Waals surface area contributed by atoms with Gasteiger partial charge in [0.1, 0.15) is 30.8 Å². The first-order chi connectivity index (χ1) is 32.8. The van der Waals surface area contributed by atoms with Crippen molar-refractivity contribution < 1.29 is 72.5 Å². The SMILES string of the molecule is C/C=C/CC(=O)N[C@@H](CCc1ccccc1)C(=O)N[C@@H](C)C(=O)N1CCC[C@@H](C(=O)O)C1.C/C=C/CC(=O)N[C@@H](CCc1ccccc1)C(=O)N[C@@H](C)C(=O)N1CCC[C@@H](C(=O)OCC(Cl)(Cl)Cl)C1.[Li+].[OH-]. The second-order valence-corrected chi connectivity index (χ2v) is 19.6. The minimum absolute atomic E-state index is 0. The summed E-state index contributed by atoms with van der Waals surface area (Å²) in [6, 6.07) is 16.0. The fourth-order valence-corrected chi connectivity index (χ4v) is 7.89. The molecule has 4 rings (SSSR count). The Bertz CT molecular complexity index is 2080. The molecule has 6 atom stereocenters. The molecule has 2 fully saturated rings. The normalized spacial score (nSPS) is 17.3. The van der Waals surface area contributed by atoms with Gasteiger partial charge >= 0.3 is 30.8 Å². The number of aliphatic carboxylic acids is 1. The Labute approximate surface area is 444 Å². The molecule has 17 nitrogen and oxygen atoms in total. The summed E-state index contributed by atoms with van der Waals surface area (Å²) >= 11 is 16.9. The van der Waals surface area contributed by atoms with E-state index < -0.39 is 63.5 Å². The number of aryl methyl sites for hydroxylation is 2. The van der Waals surface area contributed by atoms with Gasteiger partial charge in [-0.1, -0.05) is 120 Å². The van der Waals surface area contributed by atoms with Crippen molar-refractivity contribution in [3.8, 4) is 0 Å². The number of hydrogen-bond donors (Lipinski definition) is 5. The van der Waals surface area contributed by atoms with E-state index in [9.17, 15) is 43.5 Å². The fourth-order valence-electron chi connectivity index (χ4n) is 7.72. The van der Waals surface area contributed by atoms with Gasteiger partial charge in [-0.05, 0) is 90.2 Å². The number of esters is 1. The Balaban J connectivity index is 0.000000697. The van der Waals surface area contributed by atoms with Crippen LogP contribution in [0.25, 0.3) is 0 Å². The summed E-state index contributed by atoms with van der Waals surface area (Å²) in [6.45, 7) is 7.63. The van der Waals surface area contributed by atoms with Crippen molar-refractivity contribution in [3.63, 3.8) is 0 Å². The van der Waals surface area contributed by atoms with Gasteiger partial charge in [0, 0.05) is 39.0 Å². The summed E-state index contributed by atoms with van der Waals surface area (Å²) in [6.07, 6.45) is 11.5. The van der Waals surface area contributed by atoms with E-state index in [-0.39, 0.29) is 80.5 Å². The maximum absolute atomic E-state index is 13.1. The summed E-state index contributed by atoms with van der Waals surface area (Å²) in [4.78, 5) is 103. The summed E-state index contributed by atoms with van der Waals surface area (Å²) in [5.41, 5.74) is 2.08. The maximum Gasteiger partial charge on any atom is 1.00 e. The molecular weight excluding hydrogens is 974 g/mol. The number of benzene rings is 2. The average molecular weight is 1040 g/mol. The summed E-state index contributed by atoms with van der Waals surface area (Å²) in [5.74, 6) is -4.63. The van der Waals surface area contributed by atoms with Gasteiger partial charge in [-0.15, -0.1) is 0 Å². The van der Waals surface area contributed by atoms with Crippen molar-refractivity contribution in [2.75, 3.05) is 32.8 Å². The minimum atomic E-state index is -1.71. The van der Waals surface area contributed by atoms with E-state index in [0.717, 1.165) is 11.1 Å². The molecule has 0 aromatic heterocycles. The van der Waals surface area contributed by atoms with Crippen LogP contribution in [0.4, 0.5) is 0 Å². The number of nitrogens with one attached hydrogen (secondary N) is 4. The number of carbonyl (C=O) groups is 8. The van der Waals surface area contributed by atoms with Crippen molar-refractivity contribution in [3.05, 3.63) is 96.1 Å². The molecule has 0 saturated carbocycles. The van der Waals surface area contributed by atoms with Gasteiger partial charge in [-0.25, -0.2) is 0 Å². The van der Waals surface area contributed by atoms with Crippen LogP contribution in [0.2, 0.25) is 0 Å². The van der Waals surface area contributed by atoms with Crippen molar-refractivity contribution >= 4 is 82.2 Å². The Hall–Kier alpha value is -4.89. The molecule has 2 aromatic rings. The van der Waals surface area contributed by atoms with Crippen LogP contribution < -0.4 is 40.1 Å². The second-order valence-electron chi connectivity index (χ2n) is 17.1. The van der Waals surface area contributed by atoms with Crippen molar-refractivity contribution in [1.29, 1.82) is 0 Å². The van der Waals surface area contributed by atoms with E-state index in [2.05, 4.69) is 21.3 Å². The Morgan fingerprint density at radius 3 is 1.45 bits per heavy atom. The quantitative estimate of drug-likeness (QED) is 0.0526. The van der Waals surface area contributed by atoms with Crippen LogP contribution in [0.15, 0.2) is 85.0 Å². The third-order valence-electron chi connectivity index (χ3n) is 11.5. The van der Waals surface area contributed by atoms with Gasteiger partial charge in [-0.3, -0.25) is 38.4 Å². The van der Waals surface area contributed by atoms with Crippen molar-refractivity contribution in [2.45, 2.75) is 120 Å². The molecule has 386 valence electrons. The van der Waals surface area contributed by atoms with Crippen LogP contribution in [0.1, 0.15) is 90.2 Å². The molecule has 2 saturated heterocycles. The van der Waals surface area contributed by atoms with Crippen LogP contribution >= 0.6 is 34.8 Å². The Morgan fingerprint density at radius 2 is 1.07 bits per heavy atom. The van der Waals surface area contributed by atoms with E-state index in [1.165, 1.54) is 9.80 Å². The average Bonchev–Trinajstić information content (AvgIpc) is 3.34. The molecule has 0 bridgehead atoms. The van der Waals surface area contributed by atoms with E-state index in [1.54, 1.807) is 38.2 Å². The van der Waals surface area contributed by atoms with Crippen LogP contribution in [0.5, 0.6) is 0 Å². The monoisotopic (exact) mass is 1040 g/mol. The van der Waals surface area contributed by atoms with Gasteiger partial charge in [0.15, 0.2) is 0 Å². The van der Waals surface area contributed by atoms with Gasteiger partial charge in [0.25, 0.3) is 0 Å². The zero-order valence-electron chi connectivity index (χ0n) is 41.3. The first-order valence-corrected chi connectivity index (χ1v) is 24.5. The third kappa shape index (κ3) is 24.4. The number of rotatable bonds is 21. The number of carbonyl (C=O) groups excluding carboxylic acids is 7. The molecule has 6 N–H and O–H groups in total. The minimum Gasteiger partial charge on any atom is -0.870 e. The van der Waals surface area contributed by atoms with Crippen LogP contribution in [-0.2, 0) is 55.9 Å². The van der Waals surface area contributed by atoms with Crippen molar-refractivity contribution in [1.82, 2.24) is 31.1 Å². The Morgan fingerprint density at radius 1 is 0.676 bits per heavy atom. The van der Waals surface area contributed by atoms with Gasteiger partial charge in [0.2, 0.25) is 39.2 Å². The zero-order valence-corrected chi connectivity index (χ0v) is 43.5. The number of allylic oxidation sites excluding steroid dienone is 2. The van der Waals surface area contributed by atoms with Crippen molar-refractivity contribution in [2.24, 2.45) is 11.8 Å². The molecule has 2 aliphatic rings. The van der Waals surface area contributed by atoms with E-state index in [0.29, 0.717) is 64.5 Å². The fraction of sp³-hybridized carbons (Fsp3) is 0.520. The summed E-state index contributed by atoms with van der Waals surface area (Å²) < 4.78 is 3.36. The molecule has 21 heteroatoms. The number of ether oxygens (including phenoxy) is 1. The van der Waals surface area contributed by atoms with E-state index in [1.807, 2.05) is 74.5 Å². The number of likely N-dealkylation sites (tertiary alicyclic amines) is 2. The number of amides is 6. The van der Waals surface area contributed by atoms with E-state index >= 15 is 0 Å². The first kappa shape index (κ1) is 64.1. The first-order valence-electron chi connectivity index (χ1n) is 23.3. The molecule has 2 aliphatic heterocycles. The van der Waals surface area contributed by atoms with Crippen LogP contribution in [-0.4, -0.2) is 129 Å². The van der Waals surface area contributed by atoms with Gasteiger partial charge < -0.3 is 46.4 Å². The predicted molar refractivity (Wildman–Crippen MR) is 267 cm³/mol. The smallest absolute Gasteiger partial charge is 0.870 e. The number of carboxylic acids is 1. The number of carboxylic acid groups (broad SMARTS) is 1. The number of alkyl halides is 3. The molecular formula is C50H68Cl3LiN6O11. The molecule has 6 amide bonds. The molecule has 2 aromatic carbocycles. The topological polar surface area (TPSA) is 251 Å². The molecule has 2 heterocycles. The molecule has 0 unspecified atom stereocenters. The van der Waals surface area contributed by atoms with Crippen LogP contribution in [0.3, 0.4) is 0 Å². The Kier molecular flexibility index (Phi) is 30.4. The molecule has 0 aliphatic carbocycles. The predicted octanol–water partition coefficient (Wildman–Crippen LogP) is 2.45. The van der Waals surface area contributed by atoms with Gasteiger partial charge in [-0.2, -0.15) is 0 Å².